The maximum absolute atomic E-state index is 11.5. The lowest BCUT2D eigenvalue weighted by molar-refractivity contribution is -0.141. The first kappa shape index (κ1) is 14.4. The quantitative estimate of drug-likeness (QED) is 0.601. The van der Waals surface area contributed by atoms with Crippen molar-refractivity contribution in [2.45, 2.75) is 13.3 Å². The molecule has 1 aromatic rings. The van der Waals surface area contributed by atoms with Gasteiger partial charge in [-0.3, -0.25) is 4.79 Å². The number of para-hydroxylation sites is 1. The Bertz CT molecular complexity index is 395. The Kier molecular flexibility index (Phi) is 6.14. The molecule has 0 aliphatic rings. The third kappa shape index (κ3) is 5.14. The van der Waals surface area contributed by atoms with Gasteiger partial charge in [-0.05, 0) is 19.1 Å². The molecule has 0 saturated heterocycles. The minimum Gasteiger partial charge on any atom is -0.465 e. The van der Waals surface area contributed by atoms with Gasteiger partial charge < -0.3 is 15.4 Å². The zero-order valence-electron chi connectivity index (χ0n) is 10.5. The molecule has 0 bridgehead atoms. The van der Waals surface area contributed by atoms with Gasteiger partial charge in [0.05, 0.1) is 11.6 Å². The third-order valence-electron chi connectivity index (χ3n) is 2.37. The Morgan fingerprint density at radius 2 is 2.06 bits per heavy atom. The number of anilines is 1. The minimum atomic E-state index is -0.246. The number of ether oxygens (including phenoxy) is 1. The molecule has 0 fully saturated rings. The first-order valence-electron chi connectivity index (χ1n) is 5.87. The van der Waals surface area contributed by atoms with Crippen LogP contribution in [-0.2, 0) is 9.53 Å². The van der Waals surface area contributed by atoms with Crippen molar-refractivity contribution in [3.63, 3.8) is 0 Å². The van der Waals surface area contributed by atoms with Crippen LogP contribution in [0.3, 0.4) is 0 Å². The Balaban J connectivity index is 2.69. The van der Waals surface area contributed by atoms with Crippen LogP contribution in [0.25, 0.3) is 0 Å². The van der Waals surface area contributed by atoms with E-state index in [1.165, 1.54) is 0 Å². The van der Waals surface area contributed by atoms with E-state index in [0.717, 1.165) is 5.69 Å². The maximum atomic E-state index is 11.5. The van der Waals surface area contributed by atoms with E-state index in [-0.39, 0.29) is 12.5 Å². The smallest absolute Gasteiger partial charge is 0.325 e. The fourth-order valence-corrected chi connectivity index (χ4v) is 1.64. The summed E-state index contributed by atoms with van der Waals surface area (Å²) in [6, 6.07) is 9.67. The fourth-order valence-electron chi connectivity index (χ4n) is 1.55. The standard InChI is InChI=1S/C13H18N2O2S/c1-2-17-13(16)10-15(9-8-12(14)18)11-6-4-3-5-7-11/h3-7H,2,8-10H2,1H3,(H2,14,18). The number of carbonyl (C=O) groups excluding carboxylic acids is 1. The predicted molar refractivity (Wildman–Crippen MR) is 76.7 cm³/mol. The van der Waals surface area contributed by atoms with Gasteiger partial charge in [0.2, 0.25) is 0 Å². The molecule has 0 atom stereocenters. The van der Waals surface area contributed by atoms with E-state index in [0.29, 0.717) is 24.6 Å². The number of nitrogens with two attached hydrogens (primary N) is 1. The van der Waals surface area contributed by atoms with Crippen molar-refractivity contribution < 1.29 is 9.53 Å². The molecular weight excluding hydrogens is 248 g/mol. The number of carbonyl (C=O) groups is 1. The molecule has 1 rings (SSSR count). The average molecular weight is 266 g/mol. The Hall–Kier alpha value is -1.62. The van der Waals surface area contributed by atoms with Gasteiger partial charge in [-0.25, -0.2) is 0 Å². The van der Waals surface area contributed by atoms with Crippen LogP contribution in [0.1, 0.15) is 13.3 Å². The molecule has 18 heavy (non-hydrogen) atoms. The molecule has 0 aliphatic carbocycles. The van der Waals surface area contributed by atoms with Gasteiger partial charge in [0, 0.05) is 18.7 Å². The second-order valence-corrected chi connectivity index (χ2v) is 4.30. The molecule has 0 aliphatic heterocycles. The van der Waals surface area contributed by atoms with E-state index < -0.39 is 0 Å². The van der Waals surface area contributed by atoms with Crippen molar-refractivity contribution in [1.29, 1.82) is 0 Å². The lowest BCUT2D eigenvalue weighted by Crippen LogP contribution is -2.33. The molecule has 1 aromatic carbocycles. The summed E-state index contributed by atoms with van der Waals surface area (Å²) in [7, 11) is 0. The lowest BCUT2D eigenvalue weighted by Gasteiger charge is -2.23. The summed E-state index contributed by atoms with van der Waals surface area (Å²) in [6.45, 7) is 3.00. The van der Waals surface area contributed by atoms with Gasteiger partial charge >= 0.3 is 5.97 Å². The highest BCUT2D eigenvalue weighted by Crippen LogP contribution is 2.13. The summed E-state index contributed by atoms with van der Waals surface area (Å²) in [5.74, 6) is -0.246. The zero-order valence-corrected chi connectivity index (χ0v) is 11.3. The van der Waals surface area contributed by atoms with Gasteiger partial charge in [-0.15, -0.1) is 0 Å². The first-order valence-corrected chi connectivity index (χ1v) is 6.28. The summed E-state index contributed by atoms with van der Waals surface area (Å²) in [5.41, 5.74) is 6.46. The molecule has 0 aromatic heterocycles. The van der Waals surface area contributed by atoms with Crippen molar-refractivity contribution >= 4 is 28.9 Å². The van der Waals surface area contributed by atoms with Crippen LogP contribution in [-0.4, -0.2) is 30.7 Å². The molecule has 5 heteroatoms. The fraction of sp³-hybridized carbons (Fsp3) is 0.385. The Morgan fingerprint density at radius 1 is 1.39 bits per heavy atom. The second kappa shape index (κ2) is 7.66. The van der Waals surface area contributed by atoms with Gasteiger partial charge in [-0.1, -0.05) is 30.4 Å². The maximum Gasteiger partial charge on any atom is 0.325 e. The van der Waals surface area contributed by atoms with Crippen molar-refractivity contribution in [1.82, 2.24) is 0 Å². The largest absolute Gasteiger partial charge is 0.465 e. The summed E-state index contributed by atoms with van der Waals surface area (Å²) in [4.78, 5) is 13.9. The lowest BCUT2D eigenvalue weighted by atomic mass is 10.2. The molecule has 0 radical (unpaired) electrons. The van der Waals surface area contributed by atoms with Crippen molar-refractivity contribution in [3.05, 3.63) is 30.3 Å². The Labute approximate surface area is 113 Å². The number of hydrogen-bond donors (Lipinski definition) is 1. The summed E-state index contributed by atoms with van der Waals surface area (Å²) < 4.78 is 4.96. The van der Waals surface area contributed by atoms with Gasteiger partial charge in [-0.2, -0.15) is 0 Å². The average Bonchev–Trinajstić information content (AvgIpc) is 2.35. The van der Waals surface area contributed by atoms with E-state index in [1.54, 1.807) is 6.92 Å². The number of nitrogens with zero attached hydrogens (tertiary/aromatic N) is 1. The molecular formula is C13H18N2O2S. The highest BCUT2D eigenvalue weighted by molar-refractivity contribution is 7.80. The van der Waals surface area contributed by atoms with Crippen molar-refractivity contribution in [2.75, 3.05) is 24.6 Å². The summed E-state index contributed by atoms with van der Waals surface area (Å²) in [5, 5.41) is 0. The van der Waals surface area contributed by atoms with E-state index in [1.807, 2.05) is 35.2 Å². The number of benzene rings is 1. The number of hydrogen-bond acceptors (Lipinski definition) is 4. The van der Waals surface area contributed by atoms with Crippen LogP contribution in [0.2, 0.25) is 0 Å². The number of esters is 1. The first-order chi connectivity index (χ1) is 8.63. The SMILES string of the molecule is CCOC(=O)CN(CCC(N)=S)c1ccccc1. The number of rotatable bonds is 7. The highest BCUT2D eigenvalue weighted by atomic mass is 32.1. The van der Waals surface area contributed by atoms with Crippen LogP contribution in [0.5, 0.6) is 0 Å². The Morgan fingerprint density at radius 3 is 2.61 bits per heavy atom. The normalized spacial score (nSPS) is 9.83. The second-order valence-electron chi connectivity index (χ2n) is 3.78. The molecule has 98 valence electrons. The van der Waals surface area contributed by atoms with Crippen molar-refractivity contribution in [2.24, 2.45) is 5.73 Å². The molecule has 0 spiro atoms. The molecule has 2 N–H and O–H groups in total. The van der Waals surface area contributed by atoms with E-state index in [4.69, 9.17) is 22.7 Å². The number of thiocarbonyl (C=S) groups is 1. The topological polar surface area (TPSA) is 55.6 Å². The molecule has 0 unspecified atom stereocenters. The van der Waals surface area contributed by atoms with E-state index in [2.05, 4.69) is 0 Å². The van der Waals surface area contributed by atoms with E-state index >= 15 is 0 Å². The molecule has 0 amide bonds. The van der Waals surface area contributed by atoms with Crippen LogP contribution in [0.4, 0.5) is 5.69 Å². The van der Waals surface area contributed by atoms with Gasteiger partial charge in [0.15, 0.2) is 0 Å². The van der Waals surface area contributed by atoms with Crippen LogP contribution >= 0.6 is 12.2 Å². The van der Waals surface area contributed by atoms with Gasteiger partial charge in [0.1, 0.15) is 6.54 Å². The molecule has 0 heterocycles. The molecule has 0 saturated carbocycles. The summed E-state index contributed by atoms with van der Waals surface area (Å²) in [6.07, 6.45) is 0.573. The minimum absolute atomic E-state index is 0.209. The predicted octanol–water partition coefficient (Wildman–Crippen LogP) is 1.73. The van der Waals surface area contributed by atoms with Crippen LogP contribution < -0.4 is 10.6 Å². The molecule has 4 nitrogen and oxygen atoms in total. The van der Waals surface area contributed by atoms with E-state index in [9.17, 15) is 4.79 Å². The van der Waals surface area contributed by atoms with Gasteiger partial charge in [0.25, 0.3) is 0 Å². The summed E-state index contributed by atoms with van der Waals surface area (Å²) >= 11 is 4.86. The monoisotopic (exact) mass is 266 g/mol. The van der Waals surface area contributed by atoms with Crippen molar-refractivity contribution in [3.8, 4) is 0 Å². The zero-order chi connectivity index (χ0) is 13.4. The van der Waals surface area contributed by atoms with Crippen LogP contribution in [0, 0.1) is 0 Å². The third-order valence-corrected chi connectivity index (χ3v) is 2.58. The highest BCUT2D eigenvalue weighted by Gasteiger charge is 2.12. The van der Waals surface area contributed by atoms with Crippen LogP contribution in [0.15, 0.2) is 30.3 Å².